The quantitative estimate of drug-likeness (QED) is 0.867. The van der Waals surface area contributed by atoms with E-state index in [4.69, 9.17) is 8.94 Å². The van der Waals surface area contributed by atoms with Gasteiger partial charge in [-0.05, 0) is 32.8 Å². The molecule has 1 saturated heterocycles. The zero-order valence-corrected chi connectivity index (χ0v) is 14.1. The fourth-order valence-electron chi connectivity index (χ4n) is 3.03. The Morgan fingerprint density at radius 1 is 1.39 bits per heavy atom. The number of furan rings is 1. The van der Waals surface area contributed by atoms with Crippen LogP contribution in [-0.4, -0.2) is 34.0 Å². The Labute approximate surface area is 135 Å². The topological polar surface area (TPSA) is 72.4 Å². The summed E-state index contributed by atoms with van der Waals surface area (Å²) in [5, 5.41) is 4.11. The van der Waals surface area contributed by atoms with Gasteiger partial charge in [-0.3, -0.25) is 4.79 Å². The normalized spacial score (nSPS) is 18.7. The molecular weight excluding hydrogens is 294 g/mol. The van der Waals surface area contributed by atoms with Crippen LogP contribution in [-0.2, 0) is 0 Å². The Morgan fingerprint density at radius 3 is 2.78 bits per heavy atom. The van der Waals surface area contributed by atoms with Crippen molar-refractivity contribution in [2.24, 2.45) is 0 Å². The summed E-state index contributed by atoms with van der Waals surface area (Å²) in [6.45, 7) is 9.12. The minimum absolute atomic E-state index is 0.0247. The van der Waals surface area contributed by atoms with Gasteiger partial charge in [0.25, 0.3) is 5.91 Å². The first kappa shape index (κ1) is 15.8. The standard InChI is InChI=1S/C17H23N3O3/c1-10(2)16-18-15(19-23-16)13-6-5-7-20(9-13)17(21)14-8-11(3)22-12(14)4/h8,10,13H,5-7,9H2,1-4H3/t13-/m1/s1. The summed E-state index contributed by atoms with van der Waals surface area (Å²) in [6, 6.07) is 1.81. The number of amides is 1. The van der Waals surface area contributed by atoms with Gasteiger partial charge in [-0.15, -0.1) is 0 Å². The van der Waals surface area contributed by atoms with Gasteiger partial charge in [-0.1, -0.05) is 19.0 Å². The molecule has 1 aliphatic heterocycles. The monoisotopic (exact) mass is 317 g/mol. The van der Waals surface area contributed by atoms with E-state index in [1.807, 2.05) is 38.7 Å². The van der Waals surface area contributed by atoms with E-state index in [1.54, 1.807) is 0 Å². The van der Waals surface area contributed by atoms with Gasteiger partial charge < -0.3 is 13.8 Å². The number of likely N-dealkylation sites (tertiary alicyclic amines) is 1. The molecule has 0 aliphatic carbocycles. The van der Waals surface area contributed by atoms with Crippen LogP contribution >= 0.6 is 0 Å². The molecule has 1 atom stereocenters. The molecule has 3 rings (SSSR count). The highest BCUT2D eigenvalue weighted by Crippen LogP contribution is 2.28. The van der Waals surface area contributed by atoms with E-state index in [2.05, 4.69) is 10.1 Å². The molecule has 23 heavy (non-hydrogen) atoms. The summed E-state index contributed by atoms with van der Waals surface area (Å²) in [5.74, 6) is 3.19. The van der Waals surface area contributed by atoms with Crippen LogP contribution in [0.2, 0.25) is 0 Å². The van der Waals surface area contributed by atoms with Crippen LogP contribution in [0.4, 0.5) is 0 Å². The van der Waals surface area contributed by atoms with Crippen molar-refractivity contribution in [3.05, 3.63) is 34.9 Å². The number of piperidine rings is 1. The molecule has 0 spiro atoms. The molecule has 1 amide bonds. The smallest absolute Gasteiger partial charge is 0.257 e. The van der Waals surface area contributed by atoms with E-state index < -0.39 is 0 Å². The average molecular weight is 317 g/mol. The lowest BCUT2D eigenvalue weighted by atomic mass is 9.96. The third kappa shape index (κ3) is 3.16. The molecule has 2 aromatic rings. The maximum Gasteiger partial charge on any atom is 0.257 e. The molecular formula is C17H23N3O3. The van der Waals surface area contributed by atoms with Crippen LogP contribution in [0, 0.1) is 13.8 Å². The van der Waals surface area contributed by atoms with E-state index in [9.17, 15) is 4.79 Å². The van der Waals surface area contributed by atoms with Gasteiger partial charge in [0.05, 0.1) is 5.56 Å². The second-order valence-electron chi connectivity index (χ2n) is 6.56. The van der Waals surface area contributed by atoms with E-state index in [-0.39, 0.29) is 17.7 Å². The number of aryl methyl sites for hydroxylation is 2. The zero-order chi connectivity index (χ0) is 16.6. The molecule has 1 aliphatic rings. The maximum atomic E-state index is 12.7. The minimum Gasteiger partial charge on any atom is -0.466 e. The number of rotatable bonds is 3. The van der Waals surface area contributed by atoms with Crippen LogP contribution in [0.5, 0.6) is 0 Å². The Kier molecular flexibility index (Phi) is 4.24. The summed E-state index contributed by atoms with van der Waals surface area (Å²) >= 11 is 0. The molecule has 2 aromatic heterocycles. The van der Waals surface area contributed by atoms with Crippen LogP contribution in [0.1, 0.15) is 72.1 Å². The van der Waals surface area contributed by atoms with Gasteiger partial charge in [0.1, 0.15) is 11.5 Å². The molecule has 0 radical (unpaired) electrons. The van der Waals surface area contributed by atoms with Crippen molar-refractivity contribution in [2.75, 3.05) is 13.1 Å². The Bertz CT molecular complexity index is 702. The molecule has 1 fully saturated rings. The van der Waals surface area contributed by atoms with Gasteiger partial charge in [0.2, 0.25) is 5.89 Å². The summed E-state index contributed by atoms with van der Waals surface area (Å²) in [7, 11) is 0. The molecule has 0 saturated carbocycles. The van der Waals surface area contributed by atoms with E-state index in [0.29, 0.717) is 29.6 Å². The van der Waals surface area contributed by atoms with Crippen LogP contribution in [0.3, 0.4) is 0 Å². The van der Waals surface area contributed by atoms with Gasteiger partial charge in [-0.2, -0.15) is 4.98 Å². The average Bonchev–Trinajstić information content (AvgIpc) is 3.13. The summed E-state index contributed by atoms with van der Waals surface area (Å²) < 4.78 is 10.8. The Morgan fingerprint density at radius 2 is 2.17 bits per heavy atom. The maximum absolute atomic E-state index is 12.7. The van der Waals surface area contributed by atoms with E-state index in [1.165, 1.54) is 0 Å². The van der Waals surface area contributed by atoms with Crippen molar-refractivity contribution < 1.29 is 13.7 Å². The SMILES string of the molecule is Cc1cc(C(=O)N2CCC[C@@H](c3noc(C(C)C)n3)C2)c(C)o1. The highest BCUT2D eigenvalue weighted by Gasteiger charge is 2.30. The molecule has 6 heteroatoms. The van der Waals surface area contributed by atoms with Crippen molar-refractivity contribution in [1.82, 2.24) is 15.0 Å². The largest absolute Gasteiger partial charge is 0.466 e. The van der Waals surface area contributed by atoms with Gasteiger partial charge in [-0.25, -0.2) is 0 Å². The third-order valence-corrected chi connectivity index (χ3v) is 4.30. The fourth-order valence-corrected chi connectivity index (χ4v) is 3.03. The van der Waals surface area contributed by atoms with Crippen molar-refractivity contribution >= 4 is 5.91 Å². The van der Waals surface area contributed by atoms with Crippen LogP contribution in [0.25, 0.3) is 0 Å². The highest BCUT2D eigenvalue weighted by atomic mass is 16.5. The lowest BCUT2D eigenvalue weighted by Crippen LogP contribution is -2.39. The van der Waals surface area contributed by atoms with Crippen molar-refractivity contribution in [3.63, 3.8) is 0 Å². The molecule has 0 aromatic carbocycles. The number of hydrogen-bond donors (Lipinski definition) is 0. The van der Waals surface area contributed by atoms with Crippen molar-refractivity contribution in [3.8, 4) is 0 Å². The summed E-state index contributed by atoms with van der Waals surface area (Å²) in [4.78, 5) is 19.1. The first-order valence-electron chi connectivity index (χ1n) is 8.15. The molecule has 0 N–H and O–H groups in total. The van der Waals surface area contributed by atoms with Gasteiger partial charge in [0, 0.05) is 24.9 Å². The predicted molar refractivity (Wildman–Crippen MR) is 84.4 cm³/mol. The van der Waals surface area contributed by atoms with Gasteiger partial charge in [0.15, 0.2) is 5.82 Å². The molecule has 3 heterocycles. The molecule has 0 bridgehead atoms. The number of carbonyl (C=O) groups is 1. The summed E-state index contributed by atoms with van der Waals surface area (Å²) in [6.07, 6.45) is 1.92. The van der Waals surface area contributed by atoms with Crippen LogP contribution in [0.15, 0.2) is 15.0 Å². The van der Waals surface area contributed by atoms with Crippen molar-refractivity contribution in [1.29, 1.82) is 0 Å². The summed E-state index contributed by atoms with van der Waals surface area (Å²) in [5.41, 5.74) is 0.652. The number of aromatic nitrogens is 2. The number of nitrogens with zero attached hydrogens (tertiary/aromatic N) is 3. The van der Waals surface area contributed by atoms with Crippen LogP contribution < -0.4 is 0 Å². The zero-order valence-electron chi connectivity index (χ0n) is 14.1. The highest BCUT2D eigenvalue weighted by molar-refractivity contribution is 5.95. The third-order valence-electron chi connectivity index (χ3n) is 4.30. The Hall–Kier alpha value is -2.11. The van der Waals surface area contributed by atoms with E-state index >= 15 is 0 Å². The second-order valence-corrected chi connectivity index (χ2v) is 6.56. The lowest BCUT2D eigenvalue weighted by Gasteiger charge is -2.31. The molecule has 124 valence electrons. The van der Waals surface area contributed by atoms with Gasteiger partial charge >= 0.3 is 0 Å². The van der Waals surface area contributed by atoms with E-state index in [0.717, 1.165) is 25.1 Å². The predicted octanol–water partition coefficient (Wildman–Crippen LogP) is 3.42. The Balaban J connectivity index is 1.75. The number of hydrogen-bond acceptors (Lipinski definition) is 5. The molecule has 6 nitrogen and oxygen atoms in total. The fraction of sp³-hybridized carbons (Fsp3) is 0.588. The second kappa shape index (κ2) is 6.18. The first-order chi connectivity index (χ1) is 11.0. The minimum atomic E-state index is 0.0247. The first-order valence-corrected chi connectivity index (χ1v) is 8.15. The number of carbonyl (C=O) groups excluding carboxylic acids is 1. The molecule has 0 unspecified atom stereocenters. The van der Waals surface area contributed by atoms with Crippen molar-refractivity contribution in [2.45, 2.75) is 52.4 Å². The lowest BCUT2D eigenvalue weighted by molar-refractivity contribution is 0.0702.